The van der Waals surface area contributed by atoms with Gasteiger partial charge < -0.3 is 4.74 Å². The maximum absolute atomic E-state index is 5.52. The lowest BCUT2D eigenvalue weighted by Gasteiger charge is -1.97. The van der Waals surface area contributed by atoms with E-state index in [1.165, 1.54) is 0 Å². The lowest BCUT2D eigenvalue weighted by atomic mass is 10.4. The van der Waals surface area contributed by atoms with E-state index in [4.69, 9.17) is 16.3 Å². The van der Waals surface area contributed by atoms with Gasteiger partial charge in [0.05, 0.1) is 7.11 Å². The molecule has 60 valence electrons. The molecule has 0 rings (SSSR count). The average molecular weight is 171 g/mol. The Morgan fingerprint density at radius 1 is 1.55 bits per heavy atom. The molecule has 0 aromatic heterocycles. The van der Waals surface area contributed by atoms with Crippen LogP contribution in [0.5, 0.6) is 0 Å². The van der Waals surface area contributed by atoms with Crippen LogP contribution in [0, 0.1) is 0 Å². The first-order valence-electron chi connectivity index (χ1n) is 3.10. The fourth-order valence-electron chi connectivity index (χ4n) is 0.492. The molecule has 0 N–H and O–H groups in total. The number of rotatable bonds is 4. The first kappa shape index (κ1) is 10.0. The number of hydrogen-bond acceptors (Lipinski definition) is 1. The normalized spacial score (nSPS) is 11.6. The molecule has 0 amide bonds. The smallest absolute Gasteiger partial charge is 0.120 e. The molecule has 0 aromatic rings. The molecule has 0 fully saturated rings. The quantitative estimate of drug-likeness (QED) is 0.466. The maximum Gasteiger partial charge on any atom is 0.120 e. The standard InChI is InChI=1S/C9H11ClO/c1-4-5-6-9(11-3)7-8(2)10/h4-7H,1-2H2,3H3/b6-5-,9-7+. The molecule has 0 aliphatic carbocycles. The van der Waals surface area contributed by atoms with E-state index in [-0.39, 0.29) is 0 Å². The SMILES string of the molecule is C=C/C=C\C(=C/C(=C)Cl)OC. The van der Waals surface area contributed by atoms with Crippen molar-refractivity contribution in [1.82, 2.24) is 0 Å². The van der Waals surface area contributed by atoms with Gasteiger partial charge in [-0.05, 0) is 12.2 Å². The molecule has 0 radical (unpaired) electrons. The summed E-state index contributed by atoms with van der Waals surface area (Å²) in [5, 5.41) is 0.440. The van der Waals surface area contributed by atoms with E-state index in [1.54, 1.807) is 31.4 Å². The molecule has 0 atom stereocenters. The van der Waals surface area contributed by atoms with Gasteiger partial charge in [0.2, 0.25) is 0 Å². The zero-order valence-corrected chi connectivity index (χ0v) is 7.27. The second kappa shape index (κ2) is 5.81. The highest BCUT2D eigenvalue weighted by Gasteiger charge is 1.87. The summed E-state index contributed by atoms with van der Waals surface area (Å²) in [6.07, 6.45) is 6.79. The number of methoxy groups -OCH3 is 1. The topological polar surface area (TPSA) is 9.23 Å². The fourth-order valence-corrected chi connectivity index (χ4v) is 0.600. The zero-order valence-electron chi connectivity index (χ0n) is 6.51. The van der Waals surface area contributed by atoms with Crippen LogP contribution >= 0.6 is 11.6 Å². The Hall–Kier alpha value is -0.950. The van der Waals surface area contributed by atoms with Crippen LogP contribution in [-0.2, 0) is 4.74 Å². The molecule has 0 aliphatic heterocycles. The Morgan fingerprint density at radius 2 is 2.18 bits per heavy atom. The van der Waals surface area contributed by atoms with Crippen molar-refractivity contribution >= 4 is 11.6 Å². The van der Waals surface area contributed by atoms with Crippen LogP contribution in [0.3, 0.4) is 0 Å². The van der Waals surface area contributed by atoms with E-state index in [1.807, 2.05) is 0 Å². The summed E-state index contributed by atoms with van der Waals surface area (Å²) in [6.45, 7) is 7.02. The van der Waals surface area contributed by atoms with Crippen molar-refractivity contribution in [3.8, 4) is 0 Å². The van der Waals surface area contributed by atoms with Gasteiger partial charge in [-0.3, -0.25) is 0 Å². The molecule has 0 unspecified atom stereocenters. The first-order valence-corrected chi connectivity index (χ1v) is 3.47. The Kier molecular flexibility index (Phi) is 5.30. The molecular formula is C9H11ClO. The third-order valence-electron chi connectivity index (χ3n) is 0.931. The van der Waals surface area contributed by atoms with Gasteiger partial charge in [-0.1, -0.05) is 36.9 Å². The van der Waals surface area contributed by atoms with Crippen molar-refractivity contribution in [3.63, 3.8) is 0 Å². The lowest BCUT2D eigenvalue weighted by Crippen LogP contribution is -1.80. The monoisotopic (exact) mass is 170 g/mol. The molecule has 0 bridgehead atoms. The van der Waals surface area contributed by atoms with Crippen molar-refractivity contribution in [2.45, 2.75) is 0 Å². The molecular weight excluding hydrogens is 160 g/mol. The van der Waals surface area contributed by atoms with Gasteiger partial charge >= 0.3 is 0 Å². The minimum Gasteiger partial charge on any atom is -0.497 e. The van der Waals surface area contributed by atoms with Crippen LogP contribution in [0.2, 0.25) is 0 Å². The van der Waals surface area contributed by atoms with E-state index < -0.39 is 0 Å². The van der Waals surface area contributed by atoms with E-state index >= 15 is 0 Å². The number of halogens is 1. The summed E-state index contributed by atoms with van der Waals surface area (Å²) < 4.78 is 4.94. The van der Waals surface area contributed by atoms with Crippen LogP contribution in [0.15, 0.2) is 48.3 Å². The van der Waals surface area contributed by atoms with Crippen molar-refractivity contribution in [2.24, 2.45) is 0 Å². The predicted molar refractivity (Wildman–Crippen MR) is 49.4 cm³/mol. The molecule has 0 aliphatic rings. The summed E-state index contributed by atoms with van der Waals surface area (Å²) in [6, 6.07) is 0. The van der Waals surface area contributed by atoms with Gasteiger partial charge in [0.25, 0.3) is 0 Å². The Bertz CT molecular complexity index is 202. The van der Waals surface area contributed by atoms with Crippen molar-refractivity contribution < 1.29 is 4.74 Å². The Balaban J connectivity index is 4.27. The third kappa shape index (κ3) is 5.49. The van der Waals surface area contributed by atoms with E-state index in [9.17, 15) is 0 Å². The minimum absolute atomic E-state index is 0.440. The van der Waals surface area contributed by atoms with E-state index in [2.05, 4.69) is 13.2 Å². The third-order valence-corrected chi connectivity index (χ3v) is 1.04. The van der Waals surface area contributed by atoms with Crippen LogP contribution in [0.1, 0.15) is 0 Å². The largest absolute Gasteiger partial charge is 0.497 e. The van der Waals surface area contributed by atoms with Gasteiger partial charge in [0, 0.05) is 5.03 Å². The number of ether oxygens (including phenoxy) is 1. The Labute approximate surface area is 72.3 Å². The Morgan fingerprint density at radius 3 is 2.55 bits per heavy atom. The molecule has 0 aromatic carbocycles. The number of hydrogen-bond donors (Lipinski definition) is 0. The highest BCUT2D eigenvalue weighted by Crippen LogP contribution is 2.06. The van der Waals surface area contributed by atoms with Crippen molar-refractivity contribution in [3.05, 3.63) is 48.3 Å². The highest BCUT2D eigenvalue weighted by molar-refractivity contribution is 6.30. The molecule has 1 nitrogen and oxygen atoms in total. The molecule has 11 heavy (non-hydrogen) atoms. The average Bonchev–Trinajstić information content (AvgIpc) is 1.97. The van der Waals surface area contributed by atoms with Crippen LogP contribution in [0.25, 0.3) is 0 Å². The highest BCUT2D eigenvalue weighted by atomic mass is 35.5. The fraction of sp³-hybridized carbons (Fsp3) is 0.111. The summed E-state index contributed by atoms with van der Waals surface area (Å²) in [5.74, 6) is 0.657. The molecule has 0 saturated heterocycles. The lowest BCUT2D eigenvalue weighted by molar-refractivity contribution is 0.307. The van der Waals surface area contributed by atoms with Gasteiger partial charge in [-0.2, -0.15) is 0 Å². The molecule has 0 heterocycles. The zero-order chi connectivity index (χ0) is 8.69. The van der Waals surface area contributed by atoms with Crippen molar-refractivity contribution in [1.29, 1.82) is 0 Å². The van der Waals surface area contributed by atoms with Crippen LogP contribution < -0.4 is 0 Å². The predicted octanol–water partition coefficient (Wildman–Crippen LogP) is 3.01. The minimum atomic E-state index is 0.440. The molecule has 0 spiro atoms. The van der Waals surface area contributed by atoms with Gasteiger partial charge in [-0.15, -0.1) is 0 Å². The van der Waals surface area contributed by atoms with E-state index in [0.29, 0.717) is 10.8 Å². The van der Waals surface area contributed by atoms with E-state index in [0.717, 1.165) is 0 Å². The van der Waals surface area contributed by atoms with Crippen LogP contribution in [-0.4, -0.2) is 7.11 Å². The van der Waals surface area contributed by atoms with Gasteiger partial charge in [-0.25, -0.2) is 0 Å². The summed E-state index contributed by atoms with van der Waals surface area (Å²) in [5.41, 5.74) is 0. The van der Waals surface area contributed by atoms with Crippen LogP contribution in [0.4, 0.5) is 0 Å². The summed E-state index contributed by atoms with van der Waals surface area (Å²) in [4.78, 5) is 0. The van der Waals surface area contributed by atoms with Gasteiger partial charge in [0.1, 0.15) is 5.76 Å². The molecule has 0 saturated carbocycles. The van der Waals surface area contributed by atoms with Gasteiger partial charge in [0.15, 0.2) is 0 Å². The van der Waals surface area contributed by atoms with Crippen molar-refractivity contribution in [2.75, 3.05) is 7.11 Å². The number of allylic oxidation sites excluding steroid dienone is 5. The summed E-state index contributed by atoms with van der Waals surface area (Å²) in [7, 11) is 1.57. The molecule has 2 heteroatoms. The first-order chi connectivity index (χ1) is 5.20. The maximum atomic E-state index is 5.52. The second-order valence-electron chi connectivity index (χ2n) is 1.79. The second-order valence-corrected chi connectivity index (χ2v) is 2.28. The summed E-state index contributed by atoms with van der Waals surface area (Å²) >= 11 is 5.52.